The quantitative estimate of drug-likeness (QED) is 0.577. The molecule has 4 heteroatoms. The normalized spacial score (nSPS) is 29.3. The van der Waals surface area contributed by atoms with Crippen molar-refractivity contribution in [2.75, 3.05) is 26.2 Å². The molecule has 2 atom stereocenters. The van der Waals surface area contributed by atoms with E-state index in [-0.39, 0.29) is 6.10 Å². The molecule has 2 rings (SSSR count). The molecule has 0 aromatic carbocycles. The largest absolute Gasteiger partial charge is 0.374 e. The molecule has 2 aliphatic rings. The first kappa shape index (κ1) is 14.3. The first-order valence-electron chi connectivity index (χ1n) is 7.63. The van der Waals surface area contributed by atoms with E-state index in [1.165, 1.54) is 38.5 Å². The van der Waals surface area contributed by atoms with E-state index in [1.807, 2.05) is 0 Å². The Morgan fingerprint density at radius 1 is 1.33 bits per heavy atom. The number of ether oxygens (including phenoxy) is 1. The Kier molecular flexibility index (Phi) is 5.89. The van der Waals surface area contributed by atoms with Crippen molar-refractivity contribution >= 4 is 0 Å². The third-order valence-electron chi connectivity index (χ3n) is 4.60. The molecule has 0 spiro atoms. The predicted molar refractivity (Wildman–Crippen MR) is 74.2 cm³/mol. The zero-order valence-corrected chi connectivity index (χ0v) is 11.7. The molecule has 1 aliphatic heterocycles. The van der Waals surface area contributed by atoms with Crippen molar-refractivity contribution in [2.45, 2.75) is 57.6 Å². The van der Waals surface area contributed by atoms with Crippen LogP contribution in [-0.4, -0.2) is 43.3 Å². The average Bonchev–Trinajstić information content (AvgIpc) is 2.46. The van der Waals surface area contributed by atoms with Crippen molar-refractivity contribution in [3.63, 3.8) is 0 Å². The van der Waals surface area contributed by atoms with E-state index in [9.17, 15) is 0 Å². The summed E-state index contributed by atoms with van der Waals surface area (Å²) in [5.74, 6) is 6.61. The second kappa shape index (κ2) is 7.43. The number of likely N-dealkylation sites (N-methyl/N-ethyl adjacent to an activating group) is 1. The maximum absolute atomic E-state index is 5.92. The number of hydrazine groups is 1. The molecule has 0 radical (unpaired) electrons. The molecule has 0 amide bonds. The van der Waals surface area contributed by atoms with Crippen molar-refractivity contribution < 1.29 is 4.74 Å². The van der Waals surface area contributed by atoms with E-state index in [1.54, 1.807) is 0 Å². The summed E-state index contributed by atoms with van der Waals surface area (Å²) in [4.78, 5) is 2.46. The number of nitrogens with one attached hydrogen (secondary N) is 1. The van der Waals surface area contributed by atoms with E-state index in [2.05, 4.69) is 17.2 Å². The number of hydrogen-bond acceptors (Lipinski definition) is 4. The number of nitrogens with zero attached hydrogens (tertiary/aromatic N) is 1. The summed E-state index contributed by atoms with van der Waals surface area (Å²) in [5.41, 5.74) is 3.01. The van der Waals surface area contributed by atoms with Crippen molar-refractivity contribution in [1.29, 1.82) is 0 Å². The molecule has 0 aromatic rings. The van der Waals surface area contributed by atoms with Gasteiger partial charge in [-0.15, -0.1) is 0 Å². The van der Waals surface area contributed by atoms with Gasteiger partial charge in [0, 0.05) is 19.1 Å². The highest BCUT2D eigenvalue weighted by atomic mass is 16.5. The zero-order chi connectivity index (χ0) is 12.8. The molecule has 2 unspecified atom stereocenters. The van der Waals surface area contributed by atoms with E-state index in [0.717, 1.165) is 32.2 Å². The van der Waals surface area contributed by atoms with Crippen molar-refractivity contribution in [3.8, 4) is 0 Å². The summed E-state index contributed by atoms with van der Waals surface area (Å²) in [6.45, 7) is 6.27. The van der Waals surface area contributed by atoms with Gasteiger partial charge < -0.3 is 4.74 Å². The Labute approximate surface area is 111 Å². The summed E-state index contributed by atoms with van der Waals surface area (Å²) in [6, 6.07) is 0.322. The molecule has 0 aromatic heterocycles. The standard InChI is InChI=1S/C14H29N3O/c1-2-17-8-9-18-14(11-17)13(16-15)10-12-6-4-3-5-7-12/h12-14,16H,2-11,15H2,1H3. The molecule has 4 nitrogen and oxygen atoms in total. The van der Waals surface area contributed by atoms with E-state index in [4.69, 9.17) is 10.6 Å². The first-order chi connectivity index (χ1) is 8.83. The summed E-state index contributed by atoms with van der Waals surface area (Å²) in [5, 5.41) is 0. The van der Waals surface area contributed by atoms with Crippen LogP contribution in [-0.2, 0) is 4.74 Å². The summed E-state index contributed by atoms with van der Waals surface area (Å²) in [6.07, 6.45) is 8.42. The first-order valence-corrected chi connectivity index (χ1v) is 7.63. The van der Waals surface area contributed by atoms with Gasteiger partial charge in [-0.25, -0.2) is 0 Å². The lowest BCUT2D eigenvalue weighted by molar-refractivity contribution is -0.0493. The van der Waals surface area contributed by atoms with Crippen LogP contribution in [0.15, 0.2) is 0 Å². The molecule has 0 bridgehead atoms. The van der Waals surface area contributed by atoms with Gasteiger partial charge in [0.25, 0.3) is 0 Å². The van der Waals surface area contributed by atoms with Crippen LogP contribution in [0.3, 0.4) is 0 Å². The van der Waals surface area contributed by atoms with Gasteiger partial charge in [0.2, 0.25) is 0 Å². The minimum absolute atomic E-state index is 0.269. The average molecular weight is 255 g/mol. The van der Waals surface area contributed by atoms with Gasteiger partial charge >= 0.3 is 0 Å². The van der Waals surface area contributed by atoms with Crippen LogP contribution in [0.5, 0.6) is 0 Å². The molecule has 3 N–H and O–H groups in total. The smallest absolute Gasteiger partial charge is 0.0868 e. The van der Waals surface area contributed by atoms with Gasteiger partial charge in [-0.2, -0.15) is 0 Å². The minimum Gasteiger partial charge on any atom is -0.374 e. The highest BCUT2D eigenvalue weighted by Crippen LogP contribution is 2.28. The van der Waals surface area contributed by atoms with Crippen molar-refractivity contribution in [2.24, 2.45) is 11.8 Å². The number of hydrogen-bond donors (Lipinski definition) is 2. The second-order valence-corrected chi connectivity index (χ2v) is 5.82. The Morgan fingerprint density at radius 3 is 2.78 bits per heavy atom. The van der Waals surface area contributed by atoms with Crippen LogP contribution in [0.1, 0.15) is 45.4 Å². The van der Waals surface area contributed by atoms with E-state index < -0.39 is 0 Å². The Bertz CT molecular complexity index is 231. The van der Waals surface area contributed by atoms with Gasteiger partial charge in [0.05, 0.1) is 12.7 Å². The highest BCUT2D eigenvalue weighted by Gasteiger charge is 2.29. The van der Waals surface area contributed by atoms with Gasteiger partial charge in [-0.05, 0) is 18.9 Å². The van der Waals surface area contributed by atoms with Gasteiger partial charge in [-0.1, -0.05) is 39.0 Å². The summed E-state index contributed by atoms with van der Waals surface area (Å²) in [7, 11) is 0. The predicted octanol–water partition coefficient (Wildman–Crippen LogP) is 1.51. The lowest BCUT2D eigenvalue weighted by atomic mass is 9.83. The lowest BCUT2D eigenvalue weighted by Gasteiger charge is -2.38. The molecule has 1 heterocycles. The van der Waals surface area contributed by atoms with Crippen LogP contribution in [0.2, 0.25) is 0 Å². The summed E-state index contributed by atoms with van der Waals surface area (Å²) >= 11 is 0. The van der Waals surface area contributed by atoms with Crippen LogP contribution >= 0.6 is 0 Å². The molecular formula is C14H29N3O. The van der Waals surface area contributed by atoms with E-state index >= 15 is 0 Å². The van der Waals surface area contributed by atoms with Crippen LogP contribution < -0.4 is 11.3 Å². The highest BCUT2D eigenvalue weighted by molar-refractivity contribution is 4.84. The Morgan fingerprint density at radius 2 is 2.11 bits per heavy atom. The summed E-state index contributed by atoms with van der Waals surface area (Å²) < 4.78 is 5.92. The third-order valence-corrected chi connectivity index (χ3v) is 4.60. The molecule has 1 saturated heterocycles. The van der Waals surface area contributed by atoms with Crippen molar-refractivity contribution in [1.82, 2.24) is 10.3 Å². The molecule has 1 aliphatic carbocycles. The number of morpholine rings is 1. The molecule has 2 fully saturated rings. The van der Waals surface area contributed by atoms with E-state index in [0.29, 0.717) is 6.04 Å². The maximum atomic E-state index is 5.92. The third kappa shape index (κ3) is 3.92. The second-order valence-electron chi connectivity index (χ2n) is 5.82. The zero-order valence-electron chi connectivity index (χ0n) is 11.7. The van der Waals surface area contributed by atoms with Gasteiger partial charge in [0.15, 0.2) is 0 Å². The van der Waals surface area contributed by atoms with Gasteiger partial charge in [-0.3, -0.25) is 16.2 Å². The van der Waals surface area contributed by atoms with Crippen LogP contribution in [0.4, 0.5) is 0 Å². The van der Waals surface area contributed by atoms with Crippen LogP contribution in [0.25, 0.3) is 0 Å². The molecular weight excluding hydrogens is 226 g/mol. The van der Waals surface area contributed by atoms with Crippen LogP contribution in [0, 0.1) is 5.92 Å². The topological polar surface area (TPSA) is 50.5 Å². The molecule has 1 saturated carbocycles. The number of nitrogens with two attached hydrogens (primary N) is 1. The maximum Gasteiger partial charge on any atom is 0.0868 e. The molecule has 106 valence electrons. The fourth-order valence-electron chi connectivity index (χ4n) is 3.37. The fraction of sp³-hybridized carbons (Fsp3) is 1.00. The lowest BCUT2D eigenvalue weighted by Crippen LogP contribution is -2.54. The SMILES string of the molecule is CCN1CCOC(C(CC2CCCCC2)NN)C1. The van der Waals surface area contributed by atoms with Crippen molar-refractivity contribution in [3.05, 3.63) is 0 Å². The Balaban J connectivity index is 1.82. The number of rotatable bonds is 5. The monoisotopic (exact) mass is 255 g/mol. The molecule has 18 heavy (non-hydrogen) atoms. The minimum atomic E-state index is 0.269. The fourth-order valence-corrected chi connectivity index (χ4v) is 3.37. The van der Waals surface area contributed by atoms with Gasteiger partial charge in [0.1, 0.15) is 0 Å². The Hall–Kier alpha value is -0.160.